The molecule has 0 aromatic heterocycles. The van der Waals surface area contributed by atoms with E-state index in [1.165, 1.54) is 12.1 Å². The molecule has 12 heteroatoms. The van der Waals surface area contributed by atoms with Gasteiger partial charge in [0, 0.05) is 12.8 Å². The van der Waals surface area contributed by atoms with E-state index in [4.69, 9.17) is 16.6 Å². The summed E-state index contributed by atoms with van der Waals surface area (Å²) in [6.45, 7) is 0. The van der Waals surface area contributed by atoms with Crippen molar-refractivity contribution in [1.29, 1.82) is 0 Å². The van der Waals surface area contributed by atoms with Crippen LogP contribution < -0.4 is 22.1 Å². The Labute approximate surface area is 177 Å². The second-order valence-electron chi connectivity index (χ2n) is 6.88. The van der Waals surface area contributed by atoms with Crippen LogP contribution in [0.1, 0.15) is 31.2 Å². The maximum Gasteiger partial charge on any atom is 0.326 e. The molecule has 0 saturated carbocycles. The summed E-state index contributed by atoms with van der Waals surface area (Å²) in [5, 5.41) is 31.9. The molecule has 0 heterocycles. The van der Waals surface area contributed by atoms with Gasteiger partial charge in [-0.3, -0.25) is 19.2 Å². The predicted octanol–water partition coefficient (Wildman–Crippen LogP) is -1.55. The highest BCUT2D eigenvalue weighted by Gasteiger charge is 2.28. The number of amides is 3. The molecular weight excluding hydrogens is 412 g/mol. The van der Waals surface area contributed by atoms with E-state index >= 15 is 0 Å². The molecule has 1 aromatic carbocycles. The molecule has 0 aliphatic heterocycles. The summed E-state index contributed by atoms with van der Waals surface area (Å²) in [4.78, 5) is 58.0. The van der Waals surface area contributed by atoms with Crippen LogP contribution >= 0.6 is 0 Å². The molecule has 12 nitrogen and oxygen atoms in total. The maximum atomic E-state index is 12.5. The molecular formula is C19H26N4O8. The zero-order valence-corrected chi connectivity index (χ0v) is 16.6. The van der Waals surface area contributed by atoms with Gasteiger partial charge in [0.25, 0.3) is 0 Å². The van der Waals surface area contributed by atoms with Crippen molar-refractivity contribution in [2.75, 3.05) is 0 Å². The first-order valence-electron chi connectivity index (χ1n) is 9.36. The molecule has 3 amide bonds. The van der Waals surface area contributed by atoms with Gasteiger partial charge in [-0.05, 0) is 37.0 Å². The van der Waals surface area contributed by atoms with Gasteiger partial charge in [-0.2, -0.15) is 0 Å². The fourth-order valence-electron chi connectivity index (χ4n) is 2.61. The molecule has 170 valence electrons. The van der Waals surface area contributed by atoms with Gasteiger partial charge < -0.3 is 37.4 Å². The molecule has 0 fully saturated rings. The molecule has 0 aliphatic carbocycles. The Morgan fingerprint density at radius 1 is 0.871 bits per heavy atom. The average molecular weight is 438 g/mol. The highest BCUT2D eigenvalue weighted by atomic mass is 16.4. The molecule has 1 aromatic rings. The third-order valence-electron chi connectivity index (χ3n) is 4.30. The van der Waals surface area contributed by atoms with Crippen LogP contribution in [0.25, 0.3) is 0 Å². The molecule has 0 bridgehead atoms. The molecule has 0 radical (unpaired) electrons. The van der Waals surface area contributed by atoms with E-state index in [2.05, 4.69) is 10.6 Å². The number of carbonyl (C=O) groups is 5. The molecule has 1 rings (SSSR count). The lowest BCUT2D eigenvalue weighted by Gasteiger charge is -2.22. The number of benzene rings is 1. The van der Waals surface area contributed by atoms with Crippen LogP contribution in [0.5, 0.6) is 5.75 Å². The van der Waals surface area contributed by atoms with Gasteiger partial charge in [0.2, 0.25) is 17.7 Å². The summed E-state index contributed by atoms with van der Waals surface area (Å²) in [5.74, 6) is -5.02. The van der Waals surface area contributed by atoms with Crippen LogP contribution in [-0.2, 0) is 30.4 Å². The topological polar surface area (TPSA) is 222 Å². The minimum Gasteiger partial charge on any atom is -0.508 e. The van der Waals surface area contributed by atoms with Crippen molar-refractivity contribution < 1.29 is 39.3 Å². The number of nitrogens with one attached hydrogen (secondary N) is 2. The second kappa shape index (κ2) is 12.1. The number of nitrogens with two attached hydrogens (primary N) is 2. The fourth-order valence-corrected chi connectivity index (χ4v) is 2.61. The quantitative estimate of drug-likeness (QED) is 0.189. The van der Waals surface area contributed by atoms with Crippen LogP contribution in [0.3, 0.4) is 0 Å². The summed E-state index contributed by atoms with van der Waals surface area (Å²) >= 11 is 0. The highest BCUT2D eigenvalue weighted by molar-refractivity contribution is 5.92. The van der Waals surface area contributed by atoms with Gasteiger partial charge in [-0.15, -0.1) is 0 Å². The normalized spacial score (nSPS) is 13.5. The third kappa shape index (κ3) is 9.58. The molecule has 0 unspecified atom stereocenters. The Hall–Kier alpha value is -3.67. The summed E-state index contributed by atoms with van der Waals surface area (Å²) in [6, 6.07) is 2.07. The van der Waals surface area contributed by atoms with E-state index in [1.807, 2.05) is 0 Å². The summed E-state index contributed by atoms with van der Waals surface area (Å²) < 4.78 is 0. The van der Waals surface area contributed by atoms with Gasteiger partial charge in [0.15, 0.2) is 0 Å². The molecule has 9 N–H and O–H groups in total. The number of aliphatic carboxylic acids is 2. The van der Waals surface area contributed by atoms with E-state index in [0.717, 1.165) is 0 Å². The standard InChI is InChI=1S/C19H26N4O8/c20-12(9-10-1-3-11(24)4-2-10)17(28)22-13(6-8-16(26)27)18(29)23-14(19(30)31)5-7-15(21)25/h1-4,12-14,24H,5-9,20H2,(H2,21,25)(H,22,28)(H,23,29)(H,26,27)(H,30,31)/t12-,13-,14-/m0/s1. The molecule has 3 atom stereocenters. The van der Waals surface area contributed by atoms with Gasteiger partial charge in [0.05, 0.1) is 6.04 Å². The summed E-state index contributed by atoms with van der Waals surface area (Å²) in [5.41, 5.74) is 11.5. The largest absolute Gasteiger partial charge is 0.508 e. The van der Waals surface area contributed by atoms with E-state index in [1.54, 1.807) is 12.1 Å². The summed E-state index contributed by atoms with van der Waals surface area (Å²) in [7, 11) is 0. The Balaban J connectivity index is 2.82. The number of primary amides is 1. The second-order valence-corrected chi connectivity index (χ2v) is 6.88. The number of hydrogen-bond acceptors (Lipinski definition) is 7. The van der Waals surface area contributed by atoms with E-state index in [9.17, 15) is 34.2 Å². The van der Waals surface area contributed by atoms with Gasteiger partial charge >= 0.3 is 11.9 Å². The number of rotatable bonds is 13. The molecule has 0 spiro atoms. The lowest BCUT2D eigenvalue weighted by molar-refractivity contribution is -0.143. The number of hydrogen-bond donors (Lipinski definition) is 7. The Morgan fingerprint density at radius 3 is 1.94 bits per heavy atom. The third-order valence-corrected chi connectivity index (χ3v) is 4.30. The number of carboxylic acid groups (broad SMARTS) is 2. The van der Waals surface area contributed by atoms with Gasteiger partial charge in [-0.1, -0.05) is 12.1 Å². The number of carbonyl (C=O) groups excluding carboxylic acids is 3. The first-order chi connectivity index (χ1) is 14.5. The SMILES string of the molecule is NC(=O)CC[C@H](NC(=O)[C@H](CCC(=O)O)NC(=O)[C@@H](N)Cc1ccc(O)cc1)C(=O)O. The van der Waals surface area contributed by atoms with Crippen LogP contribution in [0.2, 0.25) is 0 Å². The van der Waals surface area contributed by atoms with E-state index in [-0.39, 0.29) is 31.4 Å². The maximum absolute atomic E-state index is 12.5. The Bertz CT molecular complexity index is 812. The average Bonchev–Trinajstić information content (AvgIpc) is 2.68. The molecule has 0 saturated heterocycles. The van der Waals surface area contributed by atoms with Crippen LogP contribution in [0.15, 0.2) is 24.3 Å². The summed E-state index contributed by atoms with van der Waals surface area (Å²) in [6.07, 6.45) is -1.25. The monoisotopic (exact) mass is 438 g/mol. The van der Waals surface area contributed by atoms with Crippen molar-refractivity contribution in [3.63, 3.8) is 0 Å². The van der Waals surface area contributed by atoms with Crippen LogP contribution in [0, 0.1) is 0 Å². The van der Waals surface area contributed by atoms with Crippen LogP contribution in [0.4, 0.5) is 0 Å². The van der Waals surface area contributed by atoms with Crippen molar-refractivity contribution in [1.82, 2.24) is 10.6 Å². The number of carboxylic acids is 2. The van der Waals surface area contributed by atoms with E-state index in [0.29, 0.717) is 5.56 Å². The minimum atomic E-state index is -1.45. The molecule has 0 aliphatic rings. The van der Waals surface area contributed by atoms with Crippen molar-refractivity contribution in [2.24, 2.45) is 11.5 Å². The predicted molar refractivity (Wildman–Crippen MR) is 107 cm³/mol. The van der Waals surface area contributed by atoms with Crippen molar-refractivity contribution in [3.8, 4) is 5.75 Å². The Kier molecular flexibility index (Phi) is 9.92. The zero-order chi connectivity index (χ0) is 23.6. The first kappa shape index (κ1) is 25.4. The lowest BCUT2D eigenvalue weighted by atomic mass is 10.0. The van der Waals surface area contributed by atoms with Crippen molar-refractivity contribution >= 4 is 29.7 Å². The number of phenolic OH excluding ortho intramolecular Hbond substituents is 1. The smallest absolute Gasteiger partial charge is 0.326 e. The first-order valence-corrected chi connectivity index (χ1v) is 9.36. The molecule has 31 heavy (non-hydrogen) atoms. The number of phenols is 1. The van der Waals surface area contributed by atoms with Crippen molar-refractivity contribution in [2.45, 2.75) is 50.2 Å². The van der Waals surface area contributed by atoms with Crippen LogP contribution in [-0.4, -0.2) is 63.1 Å². The van der Waals surface area contributed by atoms with E-state index < -0.39 is 54.2 Å². The minimum absolute atomic E-state index is 0.0384. The number of aromatic hydroxyl groups is 1. The zero-order valence-electron chi connectivity index (χ0n) is 16.6. The fraction of sp³-hybridized carbons (Fsp3) is 0.421. The highest BCUT2D eigenvalue weighted by Crippen LogP contribution is 2.11. The lowest BCUT2D eigenvalue weighted by Crippen LogP contribution is -2.55. The van der Waals surface area contributed by atoms with Crippen molar-refractivity contribution in [3.05, 3.63) is 29.8 Å². The van der Waals surface area contributed by atoms with Gasteiger partial charge in [-0.25, -0.2) is 4.79 Å². The Morgan fingerprint density at radius 2 is 1.42 bits per heavy atom. The van der Waals surface area contributed by atoms with Gasteiger partial charge in [0.1, 0.15) is 17.8 Å².